The summed E-state index contributed by atoms with van der Waals surface area (Å²) in [5.74, 6) is 8.15. The van der Waals surface area contributed by atoms with Gasteiger partial charge in [-0.2, -0.15) is 0 Å². The van der Waals surface area contributed by atoms with Crippen LogP contribution in [0.3, 0.4) is 0 Å². The lowest BCUT2D eigenvalue weighted by atomic mass is 9.80. The van der Waals surface area contributed by atoms with E-state index in [-0.39, 0.29) is 11.4 Å². The fraction of sp³-hybridized carbons (Fsp3) is 0.567. The lowest BCUT2D eigenvalue weighted by Crippen LogP contribution is -2.23. The van der Waals surface area contributed by atoms with E-state index < -0.39 is 0 Å². The van der Waals surface area contributed by atoms with Crippen molar-refractivity contribution in [2.45, 2.75) is 102 Å². The Hall–Kier alpha value is -1.70. The third kappa shape index (κ3) is 7.92. The summed E-state index contributed by atoms with van der Waals surface area (Å²) in [5.41, 5.74) is 4.33. The zero-order valence-electron chi connectivity index (χ0n) is 21.4. The zero-order chi connectivity index (χ0) is 24.4. The highest BCUT2D eigenvalue weighted by Crippen LogP contribution is 2.42. The molecule has 0 atom stereocenters. The molecular weight excluding hydrogens is 456 g/mol. The number of aryl methyl sites for hydroxylation is 2. The molecule has 184 valence electrons. The Morgan fingerprint density at radius 2 is 1.85 bits per heavy atom. The first-order valence-electron chi connectivity index (χ1n) is 13.0. The number of ether oxygens (including phenoxy) is 1. The van der Waals surface area contributed by atoms with Gasteiger partial charge in [-0.25, -0.2) is 0 Å². The Kier molecular flexibility index (Phi) is 10.6. The molecule has 0 saturated heterocycles. The number of thioether (sulfide) groups is 1. The molecule has 2 heterocycles. The Morgan fingerprint density at radius 1 is 1.03 bits per heavy atom. The van der Waals surface area contributed by atoms with Crippen LogP contribution in [0.25, 0.3) is 0 Å². The fourth-order valence-corrected chi connectivity index (χ4v) is 6.85. The monoisotopic (exact) mass is 496 g/mol. The lowest BCUT2D eigenvalue weighted by molar-refractivity contribution is -0.143. The number of hydrogen-bond acceptors (Lipinski definition) is 4. The second-order valence-corrected chi connectivity index (χ2v) is 12.1. The number of unbranched alkanes of at least 4 members (excludes halogenated alkanes) is 4. The van der Waals surface area contributed by atoms with Crippen LogP contribution in [0, 0.1) is 11.8 Å². The highest BCUT2D eigenvalue weighted by Gasteiger charge is 2.28. The van der Waals surface area contributed by atoms with Gasteiger partial charge in [-0.3, -0.25) is 4.79 Å². The number of hydrogen-bond donors (Lipinski definition) is 0. The van der Waals surface area contributed by atoms with Crippen LogP contribution in [0.1, 0.15) is 106 Å². The Bertz CT molecular complexity index is 1010. The molecular formula is C30H40O2S2. The van der Waals surface area contributed by atoms with E-state index in [0.29, 0.717) is 13.0 Å². The van der Waals surface area contributed by atoms with E-state index in [0.717, 1.165) is 30.6 Å². The minimum absolute atomic E-state index is 0.0858. The maximum atomic E-state index is 11.5. The average molecular weight is 497 g/mol. The van der Waals surface area contributed by atoms with E-state index in [1.807, 2.05) is 18.7 Å². The van der Waals surface area contributed by atoms with Gasteiger partial charge >= 0.3 is 5.97 Å². The van der Waals surface area contributed by atoms with Crippen molar-refractivity contribution in [3.05, 3.63) is 50.7 Å². The van der Waals surface area contributed by atoms with Crippen LogP contribution in [-0.2, 0) is 27.8 Å². The molecule has 0 spiro atoms. The van der Waals surface area contributed by atoms with Crippen molar-refractivity contribution in [2.75, 3.05) is 12.4 Å². The Labute approximate surface area is 215 Å². The molecule has 1 aliphatic heterocycles. The number of rotatable bonds is 11. The number of carbonyl (C=O) groups excluding carboxylic acids is 1. The quantitative estimate of drug-likeness (QED) is 0.178. The normalized spacial score (nSPS) is 14.2. The predicted molar refractivity (Wildman–Crippen MR) is 147 cm³/mol. The van der Waals surface area contributed by atoms with Crippen LogP contribution in [0.15, 0.2) is 29.2 Å². The third-order valence-electron chi connectivity index (χ3n) is 6.56. The van der Waals surface area contributed by atoms with Gasteiger partial charge in [-0.05, 0) is 92.0 Å². The maximum absolute atomic E-state index is 11.5. The summed E-state index contributed by atoms with van der Waals surface area (Å²) in [4.78, 5) is 15.4. The number of esters is 1. The zero-order valence-corrected chi connectivity index (χ0v) is 23.1. The fourth-order valence-electron chi connectivity index (χ4n) is 4.40. The number of benzene rings is 1. The van der Waals surface area contributed by atoms with E-state index >= 15 is 0 Å². The summed E-state index contributed by atoms with van der Waals surface area (Å²) in [6.45, 7) is 9.33. The predicted octanol–water partition coefficient (Wildman–Crippen LogP) is 8.32. The molecule has 0 saturated carbocycles. The minimum atomic E-state index is -0.0858. The van der Waals surface area contributed by atoms with Crippen LogP contribution >= 0.6 is 23.1 Å². The van der Waals surface area contributed by atoms with E-state index in [4.69, 9.17) is 4.74 Å². The number of thiophene rings is 1. The summed E-state index contributed by atoms with van der Waals surface area (Å²) in [5, 5.41) is 0. The average Bonchev–Trinajstić information content (AvgIpc) is 3.26. The van der Waals surface area contributed by atoms with Crippen molar-refractivity contribution in [1.29, 1.82) is 0 Å². The van der Waals surface area contributed by atoms with Gasteiger partial charge in [0.1, 0.15) is 0 Å². The molecule has 3 rings (SSSR count). The van der Waals surface area contributed by atoms with Crippen molar-refractivity contribution in [3.63, 3.8) is 0 Å². The minimum Gasteiger partial charge on any atom is -0.466 e. The van der Waals surface area contributed by atoms with Crippen molar-refractivity contribution >= 4 is 29.1 Å². The first kappa shape index (κ1) is 26.9. The van der Waals surface area contributed by atoms with Gasteiger partial charge < -0.3 is 4.74 Å². The van der Waals surface area contributed by atoms with Crippen LogP contribution < -0.4 is 0 Å². The third-order valence-corrected chi connectivity index (χ3v) is 8.68. The molecule has 2 nitrogen and oxygen atoms in total. The van der Waals surface area contributed by atoms with E-state index in [1.54, 1.807) is 11.3 Å². The van der Waals surface area contributed by atoms with Gasteiger partial charge in [-0.15, -0.1) is 23.1 Å². The second-order valence-electron chi connectivity index (χ2n) is 9.83. The first-order valence-corrected chi connectivity index (χ1v) is 14.8. The van der Waals surface area contributed by atoms with Crippen LogP contribution in [0.5, 0.6) is 0 Å². The van der Waals surface area contributed by atoms with Crippen molar-refractivity contribution in [2.24, 2.45) is 0 Å². The molecule has 0 N–H and O–H groups in total. The van der Waals surface area contributed by atoms with Gasteiger partial charge in [0.05, 0.1) is 11.5 Å². The van der Waals surface area contributed by atoms with Crippen molar-refractivity contribution in [1.82, 2.24) is 0 Å². The highest BCUT2D eigenvalue weighted by molar-refractivity contribution is 7.99. The molecule has 0 radical (unpaired) electrons. The first-order chi connectivity index (χ1) is 16.4. The summed E-state index contributed by atoms with van der Waals surface area (Å²) in [6, 6.07) is 9.18. The molecule has 0 fully saturated rings. The van der Waals surface area contributed by atoms with Crippen LogP contribution in [0.2, 0.25) is 0 Å². The van der Waals surface area contributed by atoms with Gasteiger partial charge in [0, 0.05) is 21.8 Å². The van der Waals surface area contributed by atoms with Gasteiger partial charge in [0.15, 0.2) is 0 Å². The Balaban J connectivity index is 1.71. The molecule has 34 heavy (non-hydrogen) atoms. The van der Waals surface area contributed by atoms with E-state index in [1.165, 1.54) is 64.3 Å². The smallest absolute Gasteiger partial charge is 0.305 e. The summed E-state index contributed by atoms with van der Waals surface area (Å²) >= 11 is 3.80. The summed E-state index contributed by atoms with van der Waals surface area (Å²) in [7, 11) is 0. The largest absolute Gasteiger partial charge is 0.466 e. The molecule has 0 unspecified atom stereocenters. The summed E-state index contributed by atoms with van der Waals surface area (Å²) in [6.07, 6.45) is 10.8. The number of fused-ring (bicyclic) bond motifs is 1. The molecule has 4 heteroatoms. The Morgan fingerprint density at radius 3 is 2.65 bits per heavy atom. The van der Waals surface area contributed by atoms with Crippen LogP contribution in [0.4, 0.5) is 0 Å². The van der Waals surface area contributed by atoms with E-state index in [2.05, 4.69) is 56.9 Å². The maximum Gasteiger partial charge on any atom is 0.305 e. The molecule has 2 aromatic rings. The summed E-state index contributed by atoms with van der Waals surface area (Å²) < 4.78 is 5.01. The van der Waals surface area contributed by atoms with Crippen molar-refractivity contribution < 1.29 is 9.53 Å². The molecule has 1 aromatic carbocycles. The molecule has 0 amide bonds. The van der Waals surface area contributed by atoms with E-state index in [9.17, 15) is 4.79 Å². The highest BCUT2D eigenvalue weighted by atomic mass is 32.2. The van der Waals surface area contributed by atoms with Crippen molar-refractivity contribution in [3.8, 4) is 11.8 Å². The second kappa shape index (κ2) is 13.4. The molecule has 1 aromatic heterocycles. The lowest BCUT2D eigenvalue weighted by Gasteiger charge is -2.32. The van der Waals surface area contributed by atoms with Gasteiger partial charge in [-0.1, -0.05) is 51.9 Å². The topological polar surface area (TPSA) is 26.3 Å². The molecule has 0 bridgehead atoms. The SMILES string of the molecule is CCCCCCc1cc2c(cc1C#Cc1ccc(CCCCC(=O)OCC)s1)C(C)(C)CCS2. The molecule has 0 aliphatic carbocycles. The van der Waals surface area contributed by atoms with Crippen LogP contribution in [-0.4, -0.2) is 18.3 Å². The standard InChI is InChI=1S/C30H40O2S2/c1-5-7-8-9-12-23-22-28-27(30(3,4)19-20-33-28)21-24(23)15-16-26-18-17-25(34-26)13-10-11-14-29(31)32-6-2/h17-18,21-22H,5-14,19-20H2,1-4H3. The van der Waals surface area contributed by atoms with Gasteiger partial charge in [0.25, 0.3) is 0 Å². The molecule has 1 aliphatic rings. The number of carbonyl (C=O) groups is 1. The van der Waals surface area contributed by atoms with Gasteiger partial charge in [0.2, 0.25) is 0 Å².